The average molecular weight is 246 g/mol. The molecule has 4 N–H and O–H groups in total. The Balaban J connectivity index is 1.93. The monoisotopic (exact) mass is 246 g/mol. The Labute approximate surface area is 108 Å². The molecule has 1 aliphatic carbocycles. The van der Waals surface area contributed by atoms with Crippen molar-refractivity contribution < 1.29 is 5.11 Å². The van der Waals surface area contributed by atoms with Crippen LogP contribution < -0.4 is 11.1 Å². The van der Waals surface area contributed by atoms with Crippen LogP contribution in [-0.2, 0) is 12.0 Å². The third kappa shape index (κ3) is 1.82. The molecule has 3 heteroatoms. The van der Waals surface area contributed by atoms with E-state index in [0.29, 0.717) is 5.92 Å². The fourth-order valence-electron chi connectivity index (χ4n) is 3.54. The van der Waals surface area contributed by atoms with E-state index in [2.05, 4.69) is 12.2 Å². The highest BCUT2D eigenvalue weighted by molar-refractivity contribution is 5.49. The molecule has 1 aromatic rings. The summed E-state index contributed by atoms with van der Waals surface area (Å²) in [5.41, 5.74) is 8.23. The van der Waals surface area contributed by atoms with E-state index in [0.717, 1.165) is 37.1 Å². The molecule has 1 aliphatic heterocycles. The van der Waals surface area contributed by atoms with E-state index in [9.17, 15) is 5.11 Å². The molecule has 98 valence electrons. The van der Waals surface area contributed by atoms with E-state index in [1.807, 2.05) is 18.2 Å². The van der Waals surface area contributed by atoms with Crippen LogP contribution in [0, 0.1) is 5.92 Å². The lowest BCUT2D eigenvalue weighted by Crippen LogP contribution is -2.51. The minimum absolute atomic E-state index is 0.186. The van der Waals surface area contributed by atoms with Gasteiger partial charge in [-0.2, -0.15) is 0 Å². The first-order valence-electron chi connectivity index (χ1n) is 6.94. The number of rotatable bonds is 1. The molecule has 0 radical (unpaired) electrons. The van der Waals surface area contributed by atoms with Gasteiger partial charge in [0.15, 0.2) is 0 Å². The summed E-state index contributed by atoms with van der Waals surface area (Å²) in [5, 5.41) is 14.6. The Morgan fingerprint density at radius 3 is 3.06 bits per heavy atom. The van der Waals surface area contributed by atoms with Crippen LogP contribution in [0.3, 0.4) is 0 Å². The highest BCUT2D eigenvalue weighted by Gasteiger charge is 2.44. The number of hydrogen-bond donors (Lipinski definition) is 3. The summed E-state index contributed by atoms with van der Waals surface area (Å²) in [6.07, 6.45) is 4.01. The molecule has 0 saturated carbocycles. The Hall–Kier alpha value is -1.06. The van der Waals surface area contributed by atoms with Crippen molar-refractivity contribution in [2.45, 2.75) is 44.2 Å². The molecule has 1 heterocycles. The quantitative estimate of drug-likeness (QED) is 0.662. The van der Waals surface area contributed by atoms with Crippen LogP contribution in [0.2, 0.25) is 0 Å². The van der Waals surface area contributed by atoms with Crippen molar-refractivity contribution in [2.24, 2.45) is 5.92 Å². The second-order valence-electron chi connectivity index (χ2n) is 5.98. The summed E-state index contributed by atoms with van der Waals surface area (Å²) in [4.78, 5) is 0. The van der Waals surface area contributed by atoms with Gasteiger partial charge in [0.2, 0.25) is 0 Å². The number of anilines is 1. The lowest BCUT2D eigenvalue weighted by molar-refractivity contribution is -0.0169. The summed E-state index contributed by atoms with van der Waals surface area (Å²) in [6, 6.07) is 6.12. The van der Waals surface area contributed by atoms with Crippen LogP contribution in [0.15, 0.2) is 18.2 Å². The predicted octanol–water partition coefficient (Wildman–Crippen LogP) is 1.79. The highest BCUT2D eigenvalue weighted by Crippen LogP contribution is 2.42. The smallest absolute Gasteiger partial charge is 0.105 e. The lowest BCUT2D eigenvalue weighted by atomic mass is 9.80. The molecule has 3 unspecified atom stereocenters. The van der Waals surface area contributed by atoms with Gasteiger partial charge < -0.3 is 16.2 Å². The van der Waals surface area contributed by atoms with Gasteiger partial charge in [-0.1, -0.05) is 13.0 Å². The second kappa shape index (κ2) is 4.25. The van der Waals surface area contributed by atoms with Gasteiger partial charge in [0, 0.05) is 11.7 Å². The lowest BCUT2D eigenvalue weighted by Gasteiger charge is -2.39. The van der Waals surface area contributed by atoms with Gasteiger partial charge in [-0.15, -0.1) is 0 Å². The van der Waals surface area contributed by atoms with Gasteiger partial charge in [0.1, 0.15) is 5.60 Å². The molecule has 0 amide bonds. The largest absolute Gasteiger partial charge is 0.399 e. The number of nitrogens with two attached hydrogens (primary N) is 1. The number of aryl methyl sites for hydroxylation is 1. The summed E-state index contributed by atoms with van der Waals surface area (Å²) in [5.74, 6) is 0.693. The third-order valence-corrected chi connectivity index (χ3v) is 4.61. The molecule has 18 heavy (non-hydrogen) atoms. The number of benzene rings is 1. The van der Waals surface area contributed by atoms with Gasteiger partial charge in [-0.25, -0.2) is 0 Å². The average Bonchev–Trinajstić information content (AvgIpc) is 2.68. The standard InChI is InChI=1S/C15H22N2O/c1-10-5-7-17-14(8-10)15(18)6-4-11-9-12(16)2-3-13(11)15/h2-3,9-10,14,17-18H,4-8,16H2,1H3. The van der Waals surface area contributed by atoms with Crippen molar-refractivity contribution in [3.63, 3.8) is 0 Å². The molecule has 1 aromatic carbocycles. The molecule has 3 atom stereocenters. The van der Waals surface area contributed by atoms with E-state index >= 15 is 0 Å². The maximum atomic E-state index is 11.1. The fourth-order valence-corrected chi connectivity index (χ4v) is 3.54. The maximum absolute atomic E-state index is 11.1. The van der Waals surface area contributed by atoms with Crippen molar-refractivity contribution >= 4 is 5.69 Å². The van der Waals surface area contributed by atoms with Crippen LogP contribution in [0.1, 0.15) is 37.3 Å². The predicted molar refractivity (Wildman–Crippen MR) is 73.3 cm³/mol. The van der Waals surface area contributed by atoms with Crippen LogP contribution in [0.4, 0.5) is 5.69 Å². The van der Waals surface area contributed by atoms with Gasteiger partial charge in [-0.3, -0.25) is 0 Å². The van der Waals surface area contributed by atoms with E-state index in [-0.39, 0.29) is 6.04 Å². The van der Waals surface area contributed by atoms with Gasteiger partial charge in [0.05, 0.1) is 0 Å². The van der Waals surface area contributed by atoms with Crippen molar-refractivity contribution in [1.29, 1.82) is 0 Å². The van der Waals surface area contributed by atoms with Crippen LogP contribution in [0.5, 0.6) is 0 Å². The summed E-state index contributed by atoms with van der Waals surface area (Å²) in [6.45, 7) is 3.29. The first-order chi connectivity index (χ1) is 8.59. The van der Waals surface area contributed by atoms with Crippen LogP contribution in [0.25, 0.3) is 0 Å². The van der Waals surface area contributed by atoms with Gasteiger partial charge >= 0.3 is 0 Å². The number of nitrogen functional groups attached to an aromatic ring is 1. The molecule has 3 rings (SSSR count). The molecular formula is C15H22N2O. The van der Waals surface area contributed by atoms with Gasteiger partial charge in [-0.05, 0) is 61.4 Å². The molecule has 0 bridgehead atoms. The second-order valence-corrected chi connectivity index (χ2v) is 5.98. The topological polar surface area (TPSA) is 58.3 Å². The molecule has 0 spiro atoms. The van der Waals surface area contributed by atoms with E-state index < -0.39 is 5.60 Å². The molecular weight excluding hydrogens is 224 g/mol. The number of piperidine rings is 1. The normalized spacial score (nSPS) is 35.4. The summed E-state index contributed by atoms with van der Waals surface area (Å²) < 4.78 is 0. The number of hydrogen-bond acceptors (Lipinski definition) is 3. The molecule has 0 aromatic heterocycles. The zero-order chi connectivity index (χ0) is 12.8. The molecule has 3 nitrogen and oxygen atoms in total. The first-order valence-corrected chi connectivity index (χ1v) is 6.94. The van der Waals surface area contributed by atoms with Crippen LogP contribution >= 0.6 is 0 Å². The molecule has 1 fully saturated rings. The summed E-state index contributed by atoms with van der Waals surface area (Å²) >= 11 is 0. The first kappa shape index (κ1) is 12.0. The van der Waals surface area contributed by atoms with Gasteiger partial charge in [0.25, 0.3) is 0 Å². The number of fused-ring (bicyclic) bond motifs is 1. The Bertz CT molecular complexity index is 460. The zero-order valence-corrected chi connectivity index (χ0v) is 10.9. The van der Waals surface area contributed by atoms with E-state index in [4.69, 9.17) is 5.73 Å². The molecule has 2 aliphatic rings. The maximum Gasteiger partial charge on any atom is 0.105 e. The van der Waals surface area contributed by atoms with Crippen molar-refractivity contribution in [3.05, 3.63) is 29.3 Å². The third-order valence-electron chi connectivity index (χ3n) is 4.61. The summed E-state index contributed by atoms with van der Waals surface area (Å²) in [7, 11) is 0. The minimum Gasteiger partial charge on any atom is -0.399 e. The van der Waals surface area contributed by atoms with E-state index in [1.165, 1.54) is 12.0 Å². The Morgan fingerprint density at radius 1 is 1.44 bits per heavy atom. The fraction of sp³-hybridized carbons (Fsp3) is 0.600. The van der Waals surface area contributed by atoms with Crippen molar-refractivity contribution in [2.75, 3.05) is 12.3 Å². The number of nitrogens with one attached hydrogen (secondary N) is 1. The number of aliphatic hydroxyl groups is 1. The Kier molecular flexibility index (Phi) is 2.83. The molecule has 1 saturated heterocycles. The van der Waals surface area contributed by atoms with Crippen molar-refractivity contribution in [1.82, 2.24) is 5.32 Å². The van der Waals surface area contributed by atoms with E-state index in [1.54, 1.807) is 0 Å². The van der Waals surface area contributed by atoms with Crippen LogP contribution in [-0.4, -0.2) is 17.7 Å². The Morgan fingerprint density at radius 2 is 2.28 bits per heavy atom. The minimum atomic E-state index is -0.697. The zero-order valence-electron chi connectivity index (χ0n) is 10.9. The van der Waals surface area contributed by atoms with Crippen molar-refractivity contribution in [3.8, 4) is 0 Å². The SMILES string of the molecule is CC1CCNC(C2(O)CCc3cc(N)ccc32)C1. The highest BCUT2D eigenvalue weighted by atomic mass is 16.3.